The standard InChI is InChI=1S/2Ca.9H2O4S.4H/c;;9*1-5(2,3)4;;;;/h;;9*(H2,1,2,3,4);;;;/q2*+2;;;;;;;;;;4*-1. The molecule has 0 saturated heterocycles. The zero-order valence-electron chi connectivity index (χ0n) is 24.5. The van der Waals surface area contributed by atoms with Crippen LogP contribution < -0.4 is 0 Å². The average Bonchev–Trinajstić information content (AvgIpc) is 2.26. The summed E-state index contributed by atoms with van der Waals surface area (Å²) < 4.78 is 284. The maximum Gasteiger partial charge on any atom is 2.00 e. The predicted octanol–water partition coefficient (Wildman–Crippen LogP) is -6.19. The Morgan fingerprint density at radius 2 is 0.170 bits per heavy atom. The van der Waals surface area contributed by atoms with E-state index in [1.54, 1.807) is 0 Å². The van der Waals surface area contributed by atoms with Crippen LogP contribution in [0.2, 0.25) is 0 Å². The summed E-state index contributed by atoms with van der Waals surface area (Å²) in [6.07, 6.45) is 0. The van der Waals surface area contributed by atoms with Crippen molar-refractivity contribution in [2.75, 3.05) is 0 Å². The molecule has 0 aliphatic rings. The van der Waals surface area contributed by atoms with Gasteiger partial charge < -0.3 is 5.71 Å². The molecule has 0 heterocycles. The fraction of sp³-hybridized carbons (Fsp3) is 0. The molecule has 0 bridgehead atoms. The minimum atomic E-state index is -4.67. The van der Waals surface area contributed by atoms with Crippen molar-refractivity contribution in [1.29, 1.82) is 0 Å². The molecule has 0 spiro atoms. The first-order valence-electron chi connectivity index (χ1n) is 6.29. The summed E-state index contributed by atoms with van der Waals surface area (Å²) in [5.41, 5.74) is 0. The van der Waals surface area contributed by atoms with E-state index in [1.807, 2.05) is 0 Å². The molecule has 0 atom stereocenters. The third-order valence-electron chi connectivity index (χ3n) is 0. The second-order valence-electron chi connectivity index (χ2n) is 4.03. The number of rotatable bonds is 0. The van der Waals surface area contributed by atoms with Gasteiger partial charge in [-0.2, -0.15) is 75.8 Å². The molecule has 47 heteroatoms. The molecule has 47 heavy (non-hydrogen) atoms. The van der Waals surface area contributed by atoms with E-state index in [2.05, 4.69) is 0 Å². The smallest absolute Gasteiger partial charge is 1.00 e. The molecule has 0 fully saturated rings. The van der Waals surface area contributed by atoms with Crippen LogP contribution in [0.1, 0.15) is 5.71 Å². The van der Waals surface area contributed by atoms with Gasteiger partial charge in [0, 0.05) is 0 Å². The summed E-state index contributed by atoms with van der Waals surface area (Å²) in [6, 6.07) is 0. The molecule has 0 aromatic rings. The second-order valence-corrected chi connectivity index (χ2v) is 12.1. The first-order chi connectivity index (χ1) is 18.0. The molecule has 0 amide bonds. The van der Waals surface area contributed by atoms with Gasteiger partial charge in [0.1, 0.15) is 0 Å². The van der Waals surface area contributed by atoms with Gasteiger partial charge in [0.2, 0.25) is 0 Å². The summed E-state index contributed by atoms with van der Waals surface area (Å²) in [6.45, 7) is 0. The zero-order valence-corrected chi connectivity index (χ0v) is 32.3. The van der Waals surface area contributed by atoms with Crippen LogP contribution in [0.3, 0.4) is 0 Å². The maximum atomic E-state index is 8.74. The van der Waals surface area contributed by atoms with Gasteiger partial charge in [-0.3, -0.25) is 81.9 Å². The SMILES string of the molecule is O=S(=O)(O)O.O=S(=O)(O)O.O=S(=O)(O)O.O=S(=O)(O)O.O=S(=O)(O)O.O=S(=O)(O)O.O=S(=O)(O)O.O=S(=O)(O)O.O=S(=O)(O)O.[Ca+2].[Ca+2].[H-].[H-].[H-].[H-]. The van der Waals surface area contributed by atoms with Crippen LogP contribution in [-0.4, -0.2) is 233 Å². The number of hydrogen-bond acceptors (Lipinski definition) is 18. The summed E-state index contributed by atoms with van der Waals surface area (Å²) in [5.74, 6) is 0. The first-order valence-corrected chi connectivity index (χ1v) is 18.9. The second kappa shape index (κ2) is 33.2. The van der Waals surface area contributed by atoms with E-state index in [0.717, 1.165) is 0 Å². The van der Waals surface area contributed by atoms with Crippen molar-refractivity contribution in [2.45, 2.75) is 0 Å². The largest absolute Gasteiger partial charge is 2.00 e. The van der Waals surface area contributed by atoms with Gasteiger partial charge in [0.25, 0.3) is 0 Å². The predicted molar refractivity (Wildman–Crippen MR) is 144 cm³/mol. The Morgan fingerprint density at radius 1 is 0.170 bits per heavy atom. The van der Waals surface area contributed by atoms with Gasteiger partial charge in [-0.1, -0.05) is 0 Å². The van der Waals surface area contributed by atoms with Gasteiger partial charge in [0.05, 0.1) is 0 Å². The van der Waals surface area contributed by atoms with E-state index in [4.69, 9.17) is 158 Å². The van der Waals surface area contributed by atoms with Gasteiger partial charge in [-0.05, 0) is 0 Å². The molecule has 0 radical (unpaired) electrons. The van der Waals surface area contributed by atoms with Gasteiger partial charge in [-0.25, -0.2) is 0 Å². The fourth-order valence-electron chi connectivity index (χ4n) is 0. The molecular weight excluding hydrogens is 945 g/mol. The third-order valence-corrected chi connectivity index (χ3v) is 0. The van der Waals surface area contributed by atoms with Crippen molar-refractivity contribution in [1.82, 2.24) is 0 Å². The van der Waals surface area contributed by atoms with Gasteiger partial charge in [-0.15, -0.1) is 0 Å². The van der Waals surface area contributed by atoms with Crippen LogP contribution in [0.5, 0.6) is 0 Å². The van der Waals surface area contributed by atoms with Gasteiger partial charge in [0.15, 0.2) is 0 Å². The Hall–Kier alpha value is 1.35. The average molecular weight is 967 g/mol. The van der Waals surface area contributed by atoms with E-state index in [1.165, 1.54) is 0 Å². The van der Waals surface area contributed by atoms with Crippen LogP contribution in [-0.2, 0) is 93.6 Å². The molecular formula is H22Ca2O36S9. The maximum absolute atomic E-state index is 8.74. The molecule has 36 nitrogen and oxygen atoms in total. The molecule has 0 aliphatic carbocycles. The van der Waals surface area contributed by atoms with E-state index in [0.29, 0.717) is 0 Å². The molecule has 18 N–H and O–H groups in total. The van der Waals surface area contributed by atoms with Crippen molar-refractivity contribution >= 4 is 169 Å². The Bertz CT molecular complexity index is 1240. The Kier molecular flexibility index (Phi) is 54.9. The van der Waals surface area contributed by atoms with Crippen LogP contribution in [0, 0.1) is 0 Å². The summed E-state index contributed by atoms with van der Waals surface area (Å²) in [4.78, 5) is 0. The normalized spacial score (nSPS) is 11.1. The van der Waals surface area contributed by atoms with E-state index < -0.39 is 93.6 Å². The summed E-state index contributed by atoms with van der Waals surface area (Å²) in [5, 5.41) is 0. The minimum Gasteiger partial charge on any atom is -1.00 e. The van der Waals surface area contributed by atoms with Crippen molar-refractivity contribution in [3.05, 3.63) is 0 Å². The Morgan fingerprint density at radius 3 is 0.170 bits per heavy atom. The number of hydrogen-bond donors (Lipinski definition) is 18. The van der Waals surface area contributed by atoms with Crippen molar-refractivity contribution < 1.29 is 163 Å². The Labute approximate surface area is 328 Å². The topological polar surface area (TPSA) is 671 Å². The van der Waals surface area contributed by atoms with Crippen LogP contribution in [0.15, 0.2) is 0 Å². The van der Waals surface area contributed by atoms with Crippen molar-refractivity contribution in [3.63, 3.8) is 0 Å². The monoisotopic (exact) mass is 966 g/mol. The summed E-state index contributed by atoms with van der Waals surface area (Å²) >= 11 is 0. The quantitative estimate of drug-likeness (QED) is 0.0793. The van der Waals surface area contributed by atoms with E-state index >= 15 is 0 Å². The minimum absolute atomic E-state index is 0. The van der Waals surface area contributed by atoms with E-state index in [9.17, 15) is 0 Å². The van der Waals surface area contributed by atoms with Crippen LogP contribution in [0.25, 0.3) is 0 Å². The first kappa shape index (κ1) is 77.7. The molecule has 0 rings (SSSR count). The molecule has 0 aromatic carbocycles. The zero-order chi connectivity index (χ0) is 40.5. The molecule has 0 saturated carbocycles. The molecule has 296 valence electrons. The van der Waals surface area contributed by atoms with Crippen LogP contribution in [0.4, 0.5) is 0 Å². The van der Waals surface area contributed by atoms with Crippen molar-refractivity contribution in [2.24, 2.45) is 0 Å². The third kappa shape index (κ3) is 53500. The summed E-state index contributed by atoms with van der Waals surface area (Å²) in [7, 11) is -42.0. The van der Waals surface area contributed by atoms with Crippen LogP contribution >= 0.6 is 0 Å². The molecule has 0 aliphatic heterocycles. The molecule has 0 aromatic heterocycles. The van der Waals surface area contributed by atoms with Crippen molar-refractivity contribution in [3.8, 4) is 0 Å². The molecule has 0 unspecified atom stereocenters. The van der Waals surface area contributed by atoms with Gasteiger partial charge >= 0.3 is 169 Å². The van der Waals surface area contributed by atoms with E-state index in [-0.39, 0.29) is 81.2 Å². The Balaban J connectivity index is -0.0000000217. The fourth-order valence-corrected chi connectivity index (χ4v) is 0.